The molecule has 0 aliphatic rings. The van der Waals surface area contributed by atoms with Crippen LogP contribution in [-0.2, 0) is 4.79 Å². The Morgan fingerprint density at radius 3 is 2.82 bits per heavy atom. The van der Waals surface area contributed by atoms with Crippen molar-refractivity contribution >= 4 is 12.5 Å². The van der Waals surface area contributed by atoms with Gasteiger partial charge in [0.25, 0.3) is 0 Å². The molecule has 0 fully saturated rings. The maximum absolute atomic E-state index is 10.4. The van der Waals surface area contributed by atoms with Gasteiger partial charge in [0, 0.05) is 13.3 Å². The first kappa shape index (κ1) is 10.1. The largest absolute Gasteiger partial charge is 0.313 e. The highest BCUT2D eigenvalue weighted by atomic mass is 16.1. The summed E-state index contributed by atoms with van der Waals surface area (Å²) in [5.74, 6) is -0.0117. The molecule has 0 spiro atoms. The standard InChI is InChI=1S/C8H16N2O/c1-3-4-5-8(7-11)6-10-9-2/h6-9H,3-5H2,1-2H3/b10-6-. The lowest BCUT2D eigenvalue weighted by Gasteiger charge is -2.00. The number of carbonyl (C=O) groups is 1. The molecule has 0 rings (SSSR count). The Morgan fingerprint density at radius 2 is 2.36 bits per heavy atom. The van der Waals surface area contributed by atoms with E-state index in [1.54, 1.807) is 13.3 Å². The number of hydrogen-bond acceptors (Lipinski definition) is 3. The van der Waals surface area contributed by atoms with Gasteiger partial charge < -0.3 is 10.2 Å². The smallest absolute Gasteiger partial charge is 0.128 e. The average molecular weight is 156 g/mol. The fourth-order valence-electron chi connectivity index (χ4n) is 0.788. The number of aldehydes is 1. The van der Waals surface area contributed by atoms with Crippen LogP contribution in [0.1, 0.15) is 26.2 Å². The molecule has 1 unspecified atom stereocenters. The summed E-state index contributed by atoms with van der Waals surface area (Å²) in [5.41, 5.74) is 2.62. The second kappa shape index (κ2) is 7.25. The van der Waals surface area contributed by atoms with Crippen LogP contribution in [0.2, 0.25) is 0 Å². The van der Waals surface area contributed by atoms with E-state index in [1.807, 2.05) is 0 Å². The average Bonchev–Trinajstić information content (AvgIpc) is 2.05. The van der Waals surface area contributed by atoms with Crippen molar-refractivity contribution in [1.82, 2.24) is 5.43 Å². The lowest BCUT2D eigenvalue weighted by Crippen LogP contribution is -2.06. The van der Waals surface area contributed by atoms with Gasteiger partial charge in [-0.05, 0) is 6.42 Å². The molecule has 0 aliphatic carbocycles. The van der Waals surface area contributed by atoms with Gasteiger partial charge in [-0.2, -0.15) is 5.10 Å². The molecule has 0 bridgehead atoms. The molecule has 0 saturated heterocycles. The Morgan fingerprint density at radius 1 is 1.64 bits per heavy atom. The Bertz CT molecular complexity index is 123. The molecule has 1 atom stereocenters. The number of hydrazone groups is 1. The molecule has 0 aromatic carbocycles. The molecule has 3 heteroatoms. The van der Waals surface area contributed by atoms with E-state index in [4.69, 9.17) is 0 Å². The van der Waals surface area contributed by atoms with E-state index in [0.29, 0.717) is 0 Å². The third kappa shape index (κ3) is 5.58. The van der Waals surface area contributed by atoms with Gasteiger partial charge in [0.1, 0.15) is 6.29 Å². The SMILES string of the molecule is CCCCC(C=O)/C=N\NC. The van der Waals surface area contributed by atoms with Crippen LogP contribution >= 0.6 is 0 Å². The lowest BCUT2D eigenvalue weighted by molar-refractivity contribution is -0.109. The first-order valence-electron chi connectivity index (χ1n) is 4.00. The van der Waals surface area contributed by atoms with Crippen molar-refractivity contribution in [2.75, 3.05) is 7.05 Å². The zero-order valence-electron chi connectivity index (χ0n) is 7.21. The molecule has 3 nitrogen and oxygen atoms in total. The van der Waals surface area contributed by atoms with Gasteiger partial charge in [-0.25, -0.2) is 0 Å². The Labute approximate surface area is 67.9 Å². The second-order valence-corrected chi connectivity index (χ2v) is 2.44. The van der Waals surface area contributed by atoms with Crippen LogP contribution in [0.3, 0.4) is 0 Å². The van der Waals surface area contributed by atoms with Crippen LogP contribution in [-0.4, -0.2) is 19.5 Å². The van der Waals surface area contributed by atoms with Crippen LogP contribution in [0.15, 0.2) is 5.10 Å². The van der Waals surface area contributed by atoms with Crippen LogP contribution in [0.4, 0.5) is 0 Å². The zero-order valence-corrected chi connectivity index (χ0v) is 7.21. The normalized spacial score (nSPS) is 13.3. The van der Waals surface area contributed by atoms with Crippen molar-refractivity contribution < 1.29 is 4.79 Å². The van der Waals surface area contributed by atoms with Gasteiger partial charge >= 0.3 is 0 Å². The van der Waals surface area contributed by atoms with Gasteiger partial charge in [0.15, 0.2) is 0 Å². The lowest BCUT2D eigenvalue weighted by atomic mass is 10.1. The molecule has 0 heterocycles. The van der Waals surface area contributed by atoms with E-state index < -0.39 is 0 Å². The number of rotatable bonds is 6. The maximum Gasteiger partial charge on any atom is 0.128 e. The van der Waals surface area contributed by atoms with Gasteiger partial charge in [-0.3, -0.25) is 0 Å². The fourth-order valence-corrected chi connectivity index (χ4v) is 0.788. The summed E-state index contributed by atoms with van der Waals surface area (Å²) < 4.78 is 0. The highest BCUT2D eigenvalue weighted by Gasteiger charge is 2.01. The molecule has 0 aliphatic heterocycles. The van der Waals surface area contributed by atoms with Crippen molar-refractivity contribution in [1.29, 1.82) is 0 Å². The Balaban J connectivity index is 3.57. The summed E-state index contributed by atoms with van der Waals surface area (Å²) in [5, 5.41) is 3.79. The van der Waals surface area contributed by atoms with E-state index in [1.165, 1.54) is 0 Å². The topological polar surface area (TPSA) is 41.5 Å². The number of nitrogens with zero attached hydrogens (tertiary/aromatic N) is 1. The molecule has 0 amide bonds. The number of unbranched alkanes of at least 4 members (excludes halogenated alkanes) is 1. The van der Waals surface area contributed by atoms with Crippen molar-refractivity contribution in [3.05, 3.63) is 0 Å². The van der Waals surface area contributed by atoms with Crippen LogP contribution in [0.25, 0.3) is 0 Å². The van der Waals surface area contributed by atoms with Crippen molar-refractivity contribution in [2.24, 2.45) is 11.0 Å². The minimum absolute atomic E-state index is 0.0117. The molecule has 0 aromatic rings. The summed E-state index contributed by atoms with van der Waals surface area (Å²) in [4.78, 5) is 10.4. The highest BCUT2D eigenvalue weighted by molar-refractivity contribution is 5.80. The number of nitrogens with one attached hydrogen (secondary N) is 1. The third-order valence-corrected chi connectivity index (χ3v) is 1.46. The minimum atomic E-state index is -0.0117. The summed E-state index contributed by atoms with van der Waals surface area (Å²) in [6, 6.07) is 0. The van der Waals surface area contributed by atoms with Crippen LogP contribution in [0.5, 0.6) is 0 Å². The molecule has 0 radical (unpaired) electrons. The maximum atomic E-state index is 10.4. The summed E-state index contributed by atoms with van der Waals surface area (Å²) in [7, 11) is 1.72. The van der Waals surface area contributed by atoms with Crippen molar-refractivity contribution in [3.63, 3.8) is 0 Å². The second-order valence-electron chi connectivity index (χ2n) is 2.44. The predicted molar refractivity (Wildman–Crippen MR) is 46.6 cm³/mol. The van der Waals surface area contributed by atoms with Gasteiger partial charge in [0.05, 0.1) is 5.92 Å². The van der Waals surface area contributed by atoms with E-state index >= 15 is 0 Å². The third-order valence-electron chi connectivity index (χ3n) is 1.46. The Kier molecular flexibility index (Phi) is 6.68. The van der Waals surface area contributed by atoms with E-state index in [2.05, 4.69) is 17.5 Å². The fraction of sp³-hybridized carbons (Fsp3) is 0.750. The molecule has 64 valence electrons. The van der Waals surface area contributed by atoms with E-state index in [0.717, 1.165) is 25.5 Å². The molecule has 0 aromatic heterocycles. The van der Waals surface area contributed by atoms with Gasteiger partial charge in [-0.1, -0.05) is 19.8 Å². The molecule has 1 N–H and O–H groups in total. The summed E-state index contributed by atoms with van der Waals surface area (Å²) in [6.07, 6.45) is 5.71. The first-order valence-corrected chi connectivity index (χ1v) is 4.00. The number of hydrogen-bond donors (Lipinski definition) is 1. The predicted octanol–water partition coefficient (Wildman–Crippen LogP) is 1.20. The van der Waals surface area contributed by atoms with Gasteiger partial charge in [0.2, 0.25) is 0 Å². The van der Waals surface area contributed by atoms with E-state index in [-0.39, 0.29) is 5.92 Å². The number of carbonyl (C=O) groups excluding carboxylic acids is 1. The van der Waals surface area contributed by atoms with Gasteiger partial charge in [-0.15, -0.1) is 0 Å². The molecular formula is C8H16N2O. The molecule has 0 saturated carbocycles. The molecular weight excluding hydrogens is 140 g/mol. The molecule has 11 heavy (non-hydrogen) atoms. The summed E-state index contributed by atoms with van der Waals surface area (Å²) >= 11 is 0. The Hall–Kier alpha value is -0.860. The first-order chi connectivity index (χ1) is 5.35. The quantitative estimate of drug-likeness (QED) is 0.356. The van der Waals surface area contributed by atoms with Crippen LogP contribution < -0.4 is 5.43 Å². The monoisotopic (exact) mass is 156 g/mol. The zero-order chi connectivity index (χ0) is 8.53. The van der Waals surface area contributed by atoms with Crippen molar-refractivity contribution in [3.8, 4) is 0 Å². The van der Waals surface area contributed by atoms with Crippen LogP contribution in [0, 0.1) is 5.92 Å². The van der Waals surface area contributed by atoms with Crippen molar-refractivity contribution in [2.45, 2.75) is 26.2 Å². The highest BCUT2D eigenvalue weighted by Crippen LogP contribution is 2.02. The minimum Gasteiger partial charge on any atom is -0.313 e. The van der Waals surface area contributed by atoms with E-state index in [9.17, 15) is 4.79 Å². The summed E-state index contributed by atoms with van der Waals surface area (Å²) in [6.45, 7) is 2.11.